The molecule has 1 unspecified atom stereocenters. The van der Waals surface area contributed by atoms with Crippen molar-refractivity contribution in [2.45, 2.75) is 52.7 Å². The van der Waals surface area contributed by atoms with E-state index < -0.39 is 17.6 Å². The first-order valence-electron chi connectivity index (χ1n) is 13.6. The molecule has 0 radical (unpaired) electrons. The number of hydrogen-bond acceptors (Lipinski definition) is 7. The maximum absolute atomic E-state index is 13.3. The Morgan fingerprint density at radius 1 is 1.00 bits per heavy atom. The summed E-state index contributed by atoms with van der Waals surface area (Å²) >= 11 is 0. The molecule has 0 spiro atoms. The first-order valence-corrected chi connectivity index (χ1v) is 13.6. The number of nitrogens with zero attached hydrogens (tertiary/aromatic N) is 1. The highest BCUT2D eigenvalue weighted by Gasteiger charge is 2.21. The molecule has 3 aromatic carbocycles. The smallest absolute Gasteiger partial charge is 0.407 e. The highest BCUT2D eigenvalue weighted by Crippen LogP contribution is 2.31. The summed E-state index contributed by atoms with van der Waals surface area (Å²) in [6.07, 6.45) is -0.317. The Bertz CT molecular complexity index is 1430. The van der Waals surface area contributed by atoms with E-state index in [-0.39, 0.29) is 23.5 Å². The third-order valence-corrected chi connectivity index (χ3v) is 6.17. The van der Waals surface area contributed by atoms with Gasteiger partial charge in [-0.05, 0) is 82.6 Å². The Balaban J connectivity index is 1.68. The number of carbonyl (C=O) groups is 3. The molecule has 1 atom stereocenters. The number of carbonyl (C=O) groups excluding carboxylic acids is 3. The van der Waals surface area contributed by atoms with E-state index >= 15 is 0 Å². The molecule has 3 N–H and O–H groups in total. The molecule has 0 aliphatic rings. The van der Waals surface area contributed by atoms with E-state index in [1.165, 1.54) is 18.1 Å². The van der Waals surface area contributed by atoms with E-state index in [1.807, 2.05) is 13.8 Å². The normalized spacial score (nSPS) is 11.7. The van der Waals surface area contributed by atoms with Gasteiger partial charge in [0.15, 0.2) is 0 Å². The van der Waals surface area contributed by atoms with Gasteiger partial charge in [0.1, 0.15) is 22.8 Å². The number of rotatable bonds is 10. The number of aryl methyl sites for hydroxylation is 1. The number of hydrogen-bond donors (Lipinski definition) is 3. The van der Waals surface area contributed by atoms with Crippen LogP contribution in [0, 0.1) is 6.92 Å². The lowest BCUT2D eigenvalue weighted by Crippen LogP contribution is -2.34. The van der Waals surface area contributed by atoms with Gasteiger partial charge in [-0.25, -0.2) is 4.79 Å². The van der Waals surface area contributed by atoms with Gasteiger partial charge in [-0.15, -0.1) is 0 Å². The van der Waals surface area contributed by atoms with Crippen molar-refractivity contribution in [3.05, 3.63) is 77.4 Å². The average molecular weight is 578 g/mol. The van der Waals surface area contributed by atoms with Crippen molar-refractivity contribution in [1.29, 1.82) is 0 Å². The molecule has 3 amide bonds. The molecule has 0 saturated carbocycles. The van der Waals surface area contributed by atoms with E-state index in [1.54, 1.807) is 82.4 Å². The fraction of sp³-hybridized carbons (Fsp3) is 0.344. The summed E-state index contributed by atoms with van der Waals surface area (Å²) < 4.78 is 16.7. The van der Waals surface area contributed by atoms with E-state index in [0.717, 1.165) is 5.56 Å². The maximum Gasteiger partial charge on any atom is 0.407 e. The number of amides is 3. The molecule has 224 valence electrons. The molecule has 0 aromatic heterocycles. The number of para-hydroxylation sites is 1. The van der Waals surface area contributed by atoms with E-state index in [9.17, 15) is 19.5 Å². The minimum atomic E-state index is -0.585. The Morgan fingerprint density at radius 3 is 2.38 bits per heavy atom. The summed E-state index contributed by atoms with van der Waals surface area (Å²) in [5, 5.41) is 15.8. The quantitative estimate of drug-likeness (QED) is 0.273. The SMILES string of the molecule is COc1cc(C(=O)N(C)c2ccc(C)cc2O)ccc1NC(=O)c1ccccc1OC(C)CCNC(=O)OC(C)(C)C. The molecule has 10 heteroatoms. The van der Waals surface area contributed by atoms with Gasteiger partial charge in [-0.2, -0.15) is 0 Å². The number of phenolic OH excluding ortho intramolecular Hbond substituents is 1. The lowest BCUT2D eigenvalue weighted by atomic mass is 10.1. The zero-order valence-corrected chi connectivity index (χ0v) is 25.1. The Morgan fingerprint density at radius 2 is 1.71 bits per heavy atom. The molecule has 42 heavy (non-hydrogen) atoms. The summed E-state index contributed by atoms with van der Waals surface area (Å²) in [6.45, 7) is 9.41. The fourth-order valence-electron chi connectivity index (χ4n) is 4.06. The van der Waals surface area contributed by atoms with Crippen molar-refractivity contribution in [2.24, 2.45) is 0 Å². The molecule has 3 aromatic rings. The van der Waals surface area contributed by atoms with Crippen LogP contribution in [0.3, 0.4) is 0 Å². The molecule has 0 aliphatic heterocycles. The predicted octanol–water partition coefficient (Wildman–Crippen LogP) is 5.92. The second kappa shape index (κ2) is 13.8. The second-order valence-corrected chi connectivity index (χ2v) is 10.9. The van der Waals surface area contributed by atoms with Crippen molar-refractivity contribution in [3.63, 3.8) is 0 Å². The third kappa shape index (κ3) is 8.63. The Hall–Kier alpha value is -4.73. The van der Waals surface area contributed by atoms with Gasteiger partial charge in [-0.3, -0.25) is 9.59 Å². The molecule has 0 fully saturated rings. The van der Waals surface area contributed by atoms with Crippen LogP contribution >= 0.6 is 0 Å². The molecular formula is C32H39N3O7. The number of nitrogens with one attached hydrogen (secondary N) is 2. The number of alkyl carbamates (subject to hydrolysis) is 1. The minimum Gasteiger partial charge on any atom is -0.506 e. The summed E-state index contributed by atoms with van der Waals surface area (Å²) in [4.78, 5) is 39.7. The largest absolute Gasteiger partial charge is 0.506 e. The number of ether oxygens (including phenoxy) is 3. The Kier molecular flexibility index (Phi) is 10.4. The molecular weight excluding hydrogens is 538 g/mol. The van der Waals surface area contributed by atoms with Crippen molar-refractivity contribution >= 4 is 29.3 Å². The number of aromatic hydroxyl groups is 1. The fourth-order valence-corrected chi connectivity index (χ4v) is 4.06. The van der Waals surface area contributed by atoms with E-state index in [4.69, 9.17) is 14.2 Å². The van der Waals surface area contributed by atoms with Gasteiger partial charge < -0.3 is 34.9 Å². The van der Waals surface area contributed by atoms with Crippen LogP contribution in [-0.2, 0) is 4.74 Å². The highest BCUT2D eigenvalue weighted by atomic mass is 16.6. The van der Waals surface area contributed by atoms with Crippen LogP contribution < -0.4 is 25.0 Å². The molecule has 0 aliphatic carbocycles. The summed E-state index contributed by atoms with van der Waals surface area (Å²) in [5.41, 5.74) is 1.64. The lowest BCUT2D eigenvalue weighted by Gasteiger charge is -2.21. The maximum atomic E-state index is 13.3. The van der Waals surface area contributed by atoms with Gasteiger partial charge in [-0.1, -0.05) is 18.2 Å². The first kappa shape index (κ1) is 31.8. The monoisotopic (exact) mass is 577 g/mol. The molecule has 0 saturated heterocycles. The zero-order valence-electron chi connectivity index (χ0n) is 25.1. The van der Waals surface area contributed by atoms with Crippen LogP contribution in [0.2, 0.25) is 0 Å². The summed E-state index contributed by atoms with van der Waals surface area (Å²) in [5.74, 6) is -0.125. The van der Waals surface area contributed by atoms with E-state index in [2.05, 4.69) is 10.6 Å². The average Bonchev–Trinajstić information content (AvgIpc) is 2.91. The number of methoxy groups -OCH3 is 1. The van der Waals surface area contributed by atoms with Crippen molar-refractivity contribution in [2.75, 3.05) is 30.9 Å². The number of benzene rings is 3. The van der Waals surface area contributed by atoms with Crippen molar-refractivity contribution in [1.82, 2.24) is 5.32 Å². The number of anilines is 2. The van der Waals surface area contributed by atoms with Gasteiger partial charge in [0.2, 0.25) is 0 Å². The van der Waals surface area contributed by atoms with Crippen LogP contribution in [-0.4, -0.2) is 55.4 Å². The van der Waals surface area contributed by atoms with Crippen LogP contribution in [0.15, 0.2) is 60.7 Å². The lowest BCUT2D eigenvalue weighted by molar-refractivity contribution is 0.0521. The van der Waals surface area contributed by atoms with Crippen LogP contribution in [0.25, 0.3) is 0 Å². The van der Waals surface area contributed by atoms with Gasteiger partial charge in [0.05, 0.1) is 30.2 Å². The second-order valence-electron chi connectivity index (χ2n) is 10.9. The molecule has 0 heterocycles. The van der Waals surface area contributed by atoms with Crippen molar-refractivity contribution < 1.29 is 33.7 Å². The van der Waals surface area contributed by atoms with E-state index in [0.29, 0.717) is 41.2 Å². The summed E-state index contributed by atoms with van der Waals surface area (Å²) in [7, 11) is 3.01. The van der Waals surface area contributed by atoms with Crippen LogP contribution in [0.5, 0.6) is 17.2 Å². The van der Waals surface area contributed by atoms with Crippen LogP contribution in [0.4, 0.5) is 16.2 Å². The highest BCUT2D eigenvalue weighted by molar-refractivity contribution is 6.09. The van der Waals surface area contributed by atoms with Gasteiger partial charge in [0.25, 0.3) is 11.8 Å². The summed E-state index contributed by atoms with van der Waals surface area (Å²) in [6, 6.07) is 16.6. The zero-order chi connectivity index (χ0) is 31.0. The van der Waals surface area contributed by atoms with Crippen molar-refractivity contribution in [3.8, 4) is 17.2 Å². The predicted molar refractivity (Wildman–Crippen MR) is 162 cm³/mol. The Labute approximate surface area is 246 Å². The molecule has 3 rings (SSSR count). The minimum absolute atomic E-state index is 0.00351. The third-order valence-electron chi connectivity index (χ3n) is 6.17. The first-order chi connectivity index (χ1) is 19.8. The van der Waals surface area contributed by atoms with Gasteiger partial charge in [0, 0.05) is 25.6 Å². The van der Waals surface area contributed by atoms with Gasteiger partial charge >= 0.3 is 6.09 Å². The standard InChI is InChI=1S/C32H39N3O7/c1-20-12-15-25(26(36)18-20)35(6)30(38)22-13-14-24(28(19-22)40-7)34-29(37)23-10-8-9-11-27(23)41-21(2)16-17-33-31(39)42-32(3,4)5/h8-15,18-19,21,36H,16-17H2,1-7H3,(H,33,39)(H,34,37). The number of phenols is 1. The van der Waals surface area contributed by atoms with Crippen LogP contribution in [0.1, 0.15) is 60.4 Å². The molecule has 10 nitrogen and oxygen atoms in total. The topological polar surface area (TPSA) is 126 Å². The molecule has 0 bridgehead atoms.